The van der Waals surface area contributed by atoms with Gasteiger partial charge < -0.3 is 14.6 Å². The maximum Gasteiger partial charge on any atom is 0.193 e. The first-order valence-electron chi connectivity index (χ1n) is 6.24. The van der Waals surface area contributed by atoms with Gasteiger partial charge >= 0.3 is 0 Å². The van der Waals surface area contributed by atoms with Crippen molar-refractivity contribution in [3.8, 4) is 0 Å². The Kier molecular flexibility index (Phi) is 4.22. The Hall–Kier alpha value is -0.493. The molecule has 4 nitrogen and oxygen atoms in total. The van der Waals surface area contributed by atoms with Crippen LogP contribution in [0.1, 0.15) is 27.7 Å². The van der Waals surface area contributed by atoms with Gasteiger partial charge in [-0.3, -0.25) is 4.79 Å². The summed E-state index contributed by atoms with van der Waals surface area (Å²) in [5.74, 6) is -0.419. The second-order valence-electron chi connectivity index (χ2n) is 6.49. The topological polar surface area (TPSA) is 66.8 Å². The van der Waals surface area contributed by atoms with Crippen molar-refractivity contribution in [3.05, 3.63) is 11.6 Å². The zero-order chi connectivity index (χ0) is 14.3. The zero-order valence-electron chi connectivity index (χ0n) is 12.0. The van der Waals surface area contributed by atoms with Crippen molar-refractivity contribution >= 4 is 14.1 Å². The average molecular weight is 272 g/mol. The van der Waals surface area contributed by atoms with Crippen LogP contribution in [0.4, 0.5) is 0 Å². The van der Waals surface area contributed by atoms with Crippen molar-refractivity contribution in [2.45, 2.75) is 64.1 Å². The summed E-state index contributed by atoms with van der Waals surface area (Å²) in [6.07, 6.45) is -1.51. The van der Waals surface area contributed by atoms with Gasteiger partial charge in [0, 0.05) is 0 Å². The number of hydrogen-bond acceptors (Lipinski definition) is 4. The van der Waals surface area contributed by atoms with Crippen molar-refractivity contribution in [1.29, 1.82) is 0 Å². The molecule has 0 heterocycles. The summed E-state index contributed by atoms with van der Waals surface area (Å²) in [6.45, 7) is 12.1. The Morgan fingerprint density at radius 2 is 1.78 bits per heavy atom. The van der Waals surface area contributed by atoms with Gasteiger partial charge in [-0.1, -0.05) is 20.8 Å². The van der Waals surface area contributed by atoms with E-state index >= 15 is 0 Å². The van der Waals surface area contributed by atoms with Crippen LogP contribution in [0.2, 0.25) is 18.1 Å². The fourth-order valence-corrected chi connectivity index (χ4v) is 2.86. The highest BCUT2D eigenvalue weighted by molar-refractivity contribution is 6.74. The molecule has 0 aromatic rings. The number of aliphatic hydroxyl groups is 2. The quantitative estimate of drug-likeness (QED) is 0.750. The molecule has 0 fully saturated rings. The predicted molar refractivity (Wildman–Crippen MR) is 72.8 cm³/mol. The van der Waals surface area contributed by atoms with Gasteiger partial charge in [0.1, 0.15) is 12.2 Å². The number of ketones is 1. The van der Waals surface area contributed by atoms with Crippen molar-refractivity contribution in [1.82, 2.24) is 0 Å². The highest BCUT2D eigenvalue weighted by Crippen LogP contribution is 2.38. The highest BCUT2D eigenvalue weighted by atomic mass is 28.4. The molecule has 1 aliphatic carbocycles. The van der Waals surface area contributed by atoms with E-state index in [4.69, 9.17) is 4.43 Å². The molecule has 104 valence electrons. The molecule has 0 saturated heterocycles. The molecule has 0 spiro atoms. The fraction of sp³-hybridized carbons (Fsp3) is 0.769. The molecule has 3 atom stereocenters. The van der Waals surface area contributed by atoms with Crippen molar-refractivity contribution in [2.75, 3.05) is 0 Å². The van der Waals surface area contributed by atoms with E-state index in [2.05, 4.69) is 33.9 Å². The normalized spacial score (nSPS) is 30.3. The van der Waals surface area contributed by atoms with E-state index in [1.807, 2.05) is 0 Å². The SMILES string of the molecule is CC1=C[C@@H](O[Si](C)(C)C(C)(C)C)[C@H](O)[C@H](O)C1=O. The summed E-state index contributed by atoms with van der Waals surface area (Å²) in [7, 11) is -2.04. The standard InChI is InChI=1S/C13H24O4Si/c1-8-7-9(11(15)12(16)10(8)14)17-18(5,6)13(2,3)4/h7,9,11-12,15-16H,1-6H3/t9-,11+,12-/m1/s1. The molecule has 0 aromatic heterocycles. The van der Waals surface area contributed by atoms with Crippen LogP contribution in [0.15, 0.2) is 11.6 Å². The summed E-state index contributed by atoms with van der Waals surface area (Å²) in [6, 6.07) is 0. The van der Waals surface area contributed by atoms with Gasteiger partial charge in [-0.2, -0.15) is 0 Å². The van der Waals surface area contributed by atoms with Crippen LogP contribution in [-0.2, 0) is 9.22 Å². The molecule has 0 radical (unpaired) electrons. The number of aliphatic hydroxyl groups excluding tert-OH is 2. The lowest BCUT2D eigenvalue weighted by molar-refractivity contribution is -0.134. The maximum absolute atomic E-state index is 11.5. The molecular formula is C13H24O4Si. The first-order chi connectivity index (χ1) is 7.97. The number of carbonyl (C=O) groups is 1. The lowest BCUT2D eigenvalue weighted by atomic mass is 9.92. The summed E-state index contributed by atoms with van der Waals surface area (Å²) < 4.78 is 6.04. The number of Topliss-reactive ketones (excluding diaryl/α,β-unsaturated/α-hetero) is 1. The van der Waals surface area contributed by atoms with Gasteiger partial charge in [0.2, 0.25) is 0 Å². The molecule has 0 aliphatic heterocycles. The van der Waals surface area contributed by atoms with E-state index in [9.17, 15) is 15.0 Å². The monoisotopic (exact) mass is 272 g/mol. The first kappa shape index (κ1) is 15.6. The van der Waals surface area contributed by atoms with E-state index in [0.717, 1.165) is 0 Å². The third kappa shape index (κ3) is 2.91. The second kappa shape index (κ2) is 4.88. The van der Waals surface area contributed by atoms with Crippen LogP contribution < -0.4 is 0 Å². The van der Waals surface area contributed by atoms with Gasteiger partial charge in [-0.25, -0.2) is 0 Å². The summed E-state index contributed by atoms with van der Waals surface area (Å²) in [5.41, 5.74) is 0.455. The van der Waals surface area contributed by atoms with E-state index < -0.39 is 32.4 Å². The molecule has 2 N–H and O–H groups in total. The van der Waals surface area contributed by atoms with Crippen LogP contribution in [0.3, 0.4) is 0 Å². The predicted octanol–water partition coefficient (Wildman–Crippen LogP) is 1.63. The highest BCUT2D eigenvalue weighted by Gasteiger charge is 2.43. The van der Waals surface area contributed by atoms with Gasteiger partial charge in [-0.05, 0) is 36.7 Å². The molecule has 0 bridgehead atoms. The van der Waals surface area contributed by atoms with Crippen molar-refractivity contribution in [2.24, 2.45) is 0 Å². The van der Waals surface area contributed by atoms with E-state index in [-0.39, 0.29) is 5.04 Å². The molecule has 0 saturated carbocycles. The molecular weight excluding hydrogens is 248 g/mol. The zero-order valence-corrected chi connectivity index (χ0v) is 13.0. The van der Waals surface area contributed by atoms with Crippen LogP contribution in [0.5, 0.6) is 0 Å². The Bertz CT molecular complexity index is 368. The fourth-order valence-electron chi connectivity index (χ4n) is 1.62. The third-order valence-corrected chi connectivity index (χ3v) is 8.44. The van der Waals surface area contributed by atoms with E-state index in [0.29, 0.717) is 5.57 Å². The van der Waals surface area contributed by atoms with Gasteiger partial charge in [0.05, 0.1) is 6.10 Å². The van der Waals surface area contributed by atoms with E-state index in [1.165, 1.54) is 0 Å². The van der Waals surface area contributed by atoms with Crippen LogP contribution in [0.25, 0.3) is 0 Å². The average Bonchev–Trinajstić information content (AvgIpc) is 2.21. The molecule has 0 amide bonds. The second-order valence-corrected chi connectivity index (χ2v) is 11.2. The Morgan fingerprint density at radius 3 is 2.22 bits per heavy atom. The summed E-state index contributed by atoms with van der Waals surface area (Å²) >= 11 is 0. The minimum absolute atomic E-state index is 0.0148. The van der Waals surface area contributed by atoms with E-state index in [1.54, 1.807) is 13.0 Å². The van der Waals surface area contributed by atoms with Gasteiger partial charge in [0.25, 0.3) is 0 Å². The summed E-state index contributed by atoms with van der Waals surface area (Å²) in [5, 5.41) is 19.6. The van der Waals surface area contributed by atoms with Crippen LogP contribution in [0, 0.1) is 0 Å². The molecule has 0 unspecified atom stereocenters. The number of hydrogen-bond donors (Lipinski definition) is 2. The Balaban J connectivity index is 2.95. The molecule has 0 aromatic carbocycles. The van der Waals surface area contributed by atoms with Crippen molar-refractivity contribution in [3.63, 3.8) is 0 Å². The largest absolute Gasteiger partial charge is 0.408 e. The van der Waals surface area contributed by atoms with Gasteiger partial charge in [0.15, 0.2) is 14.1 Å². The number of rotatable bonds is 2. The smallest absolute Gasteiger partial charge is 0.193 e. The Morgan fingerprint density at radius 1 is 1.28 bits per heavy atom. The maximum atomic E-state index is 11.5. The minimum Gasteiger partial charge on any atom is -0.408 e. The lowest BCUT2D eigenvalue weighted by Crippen LogP contribution is -2.52. The molecule has 1 rings (SSSR count). The lowest BCUT2D eigenvalue weighted by Gasteiger charge is -2.41. The molecule has 5 heteroatoms. The summed E-state index contributed by atoms with van der Waals surface area (Å²) in [4.78, 5) is 11.5. The number of carbonyl (C=O) groups excluding carboxylic acids is 1. The third-order valence-electron chi connectivity index (χ3n) is 3.97. The van der Waals surface area contributed by atoms with Crippen LogP contribution >= 0.6 is 0 Å². The Labute approximate surface area is 110 Å². The molecule has 18 heavy (non-hydrogen) atoms. The van der Waals surface area contributed by atoms with Crippen LogP contribution in [-0.4, -0.2) is 42.6 Å². The molecule has 1 aliphatic rings. The first-order valence-corrected chi connectivity index (χ1v) is 9.15. The minimum atomic E-state index is -2.04. The van der Waals surface area contributed by atoms with Crippen molar-refractivity contribution < 1.29 is 19.4 Å². The van der Waals surface area contributed by atoms with Gasteiger partial charge in [-0.15, -0.1) is 0 Å².